The first-order valence-electron chi connectivity index (χ1n) is 4.07. The molecule has 0 aromatic rings. The Labute approximate surface area is 72.0 Å². The van der Waals surface area contributed by atoms with Gasteiger partial charge in [-0.05, 0) is 18.9 Å². The summed E-state index contributed by atoms with van der Waals surface area (Å²) in [6.45, 7) is 6.14. The second-order valence-corrected chi connectivity index (χ2v) is 3.12. The molecule has 0 atom stereocenters. The van der Waals surface area contributed by atoms with Crippen LogP contribution in [0.15, 0.2) is 12.2 Å². The number of rotatable bonds is 3. The Bertz CT molecular complexity index is 233. The minimum absolute atomic E-state index is 0.0368. The lowest BCUT2D eigenvalue weighted by Gasteiger charge is -2.13. The molecule has 1 aliphatic heterocycles. The third-order valence-corrected chi connectivity index (χ3v) is 1.98. The maximum Gasteiger partial charge on any atom is 0.223 e. The third kappa shape index (κ3) is 1.94. The van der Waals surface area contributed by atoms with Gasteiger partial charge in [-0.25, -0.2) is 0 Å². The predicted octanol–water partition coefficient (Wildman–Crippen LogP) is 0.754. The van der Waals surface area contributed by atoms with Crippen LogP contribution in [0.2, 0.25) is 0 Å². The molecule has 1 fully saturated rings. The number of hydrogen-bond donors (Lipinski definition) is 0. The van der Waals surface area contributed by atoms with Gasteiger partial charge in [-0.1, -0.05) is 6.58 Å². The summed E-state index contributed by atoms with van der Waals surface area (Å²) in [5.41, 5.74) is 0.523. The van der Waals surface area contributed by atoms with Crippen LogP contribution in [0.25, 0.3) is 0 Å². The van der Waals surface area contributed by atoms with Crippen molar-refractivity contribution in [1.82, 2.24) is 4.90 Å². The number of likely N-dealkylation sites (tertiary alicyclic amines) is 1. The highest BCUT2D eigenvalue weighted by Crippen LogP contribution is 2.09. The maximum atomic E-state index is 11.2. The number of hydrogen-bond acceptors (Lipinski definition) is 2. The molecule has 3 nitrogen and oxygen atoms in total. The Balaban J connectivity index is 2.46. The molecule has 66 valence electrons. The lowest BCUT2D eigenvalue weighted by atomic mass is 10.2. The zero-order valence-corrected chi connectivity index (χ0v) is 7.30. The smallest absolute Gasteiger partial charge is 0.223 e. The Morgan fingerprint density at radius 1 is 1.67 bits per heavy atom. The zero-order valence-electron chi connectivity index (χ0n) is 7.30. The molecule has 0 N–H and O–H groups in total. The van der Waals surface area contributed by atoms with Gasteiger partial charge in [0.05, 0.1) is 6.54 Å². The van der Waals surface area contributed by atoms with Gasteiger partial charge in [-0.3, -0.25) is 9.59 Å². The van der Waals surface area contributed by atoms with Crippen LogP contribution < -0.4 is 0 Å². The van der Waals surface area contributed by atoms with Crippen molar-refractivity contribution >= 4 is 11.7 Å². The summed E-state index contributed by atoms with van der Waals surface area (Å²) in [5.74, 6) is 0.0508. The summed E-state index contributed by atoms with van der Waals surface area (Å²) in [4.78, 5) is 23.8. The van der Waals surface area contributed by atoms with Crippen LogP contribution >= 0.6 is 0 Å². The van der Waals surface area contributed by atoms with Crippen molar-refractivity contribution < 1.29 is 9.59 Å². The molecule has 0 unspecified atom stereocenters. The fraction of sp³-hybridized carbons (Fsp3) is 0.556. The van der Waals surface area contributed by atoms with Crippen LogP contribution in [-0.2, 0) is 9.59 Å². The van der Waals surface area contributed by atoms with E-state index in [2.05, 4.69) is 6.58 Å². The highest BCUT2D eigenvalue weighted by atomic mass is 16.2. The van der Waals surface area contributed by atoms with Gasteiger partial charge in [0.15, 0.2) is 5.78 Å². The molecule has 1 saturated heterocycles. The zero-order chi connectivity index (χ0) is 9.14. The number of Topliss-reactive ketones (excluding diaryl/α,β-unsaturated/α-hetero) is 1. The van der Waals surface area contributed by atoms with Crippen LogP contribution in [0.1, 0.15) is 19.8 Å². The first kappa shape index (κ1) is 8.97. The molecular weight excluding hydrogens is 154 g/mol. The molecule has 0 aliphatic carbocycles. The Hall–Kier alpha value is -1.12. The van der Waals surface area contributed by atoms with E-state index in [-0.39, 0.29) is 18.2 Å². The van der Waals surface area contributed by atoms with Crippen molar-refractivity contribution in [3.63, 3.8) is 0 Å². The molecule has 3 heteroatoms. The largest absolute Gasteiger partial charge is 0.335 e. The lowest BCUT2D eigenvalue weighted by Crippen LogP contribution is -2.30. The van der Waals surface area contributed by atoms with Crippen molar-refractivity contribution in [2.24, 2.45) is 0 Å². The minimum Gasteiger partial charge on any atom is -0.335 e. The predicted molar refractivity (Wildman–Crippen MR) is 45.6 cm³/mol. The summed E-state index contributed by atoms with van der Waals surface area (Å²) < 4.78 is 0. The van der Waals surface area contributed by atoms with E-state index in [9.17, 15) is 9.59 Å². The van der Waals surface area contributed by atoms with Crippen molar-refractivity contribution in [2.75, 3.05) is 13.1 Å². The number of nitrogens with zero attached hydrogens (tertiary/aromatic N) is 1. The van der Waals surface area contributed by atoms with Crippen molar-refractivity contribution in [3.8, 4) is 0 Å². The molecule has 0 spiro atoms. The first-order valence-corrected chi connectivity index (χ1v) is 4.07. The quantitative estimate of drug-likeness (QED) is 0.582. The van der Waals surface area contributed by atoms with Crippen LogP contribution in [0, 0.1) is 0 Å². The van der Waals surface area contributed by atoms with Gasteiger partial charge >= 0.3 is 0 Å². The average molecular weight is 167 g/mol. The topological polar surface area (TPSA) is 37.4 Å². The number of ketones is 1. The van der Waals surface area contributed by atoms with Gasteiger partial charge in [-0.15, -0.1) is 0 Å². The molecular formula is C9H13NO2. The number of carbonyl (C=O) groups excluding carboxylic acids is 2. The van der Waals surface area contributed by atoms with E-state index in [1.807, 2.05) is 0 Å². The highest BCUT2D eigenvalue weighted by molar-refractivity contribution is 5.97. The summed E-state index contributed by atoms with van der Waals surface area (Å²) in [7, 11) is 0. The molecule has 1 amide bonds. The fourth-order valence-electron chi connectivity index (χ4n) is 1.18. The third-order valence-electron chi connectivity index (χ3n) is 1.98. The van der Waals surface area contributed by atoms with E-state index >= 15 is 0 Å². The van der Waals surface area contributed by atoms with Gasteiger partial charge in [0.2, 0.25) is 5.91 Å². The molecule has 0 aromatic carbocycles. The molecule has 1 aliphatic rings. The van der Waals surface area contributed by atoms with Crippen LogP contribution in [-0.4, -0.2) is 29.7 Å². The summed E-state index contributed by atoms with van der Waals surface area (Å²) in [6, 6.07) is 0. The van der Waals surface area contributed by atoms with E-state index in [0.29, 0.717) is 12.0 Å². The Morgan fingerprint density at radius 2 is 2.33 bits per heavy atom. The first-order chi connectivity index (χ1) is 5.61. The Morgan fingerprint density at radius 3 is 2.75 bits per heavy atom. The molecule has 0 saturated carbocycles. The highest BCUT2D eigenvalue weighted by Gasteiger charge is 2.22. The van der Waals surface area contributed by atoms with Crippen LogP contribution in [0.3, 0.4) is 0 Å². The summed E-state index contributed by atoms with van der Waals surface area (Å²) in [5, 5.41) is 0. The van der Waals surface area contributed by atoms with Crippen molar-refractivity contribution in [3.05, 3.63) is 12.2 Å². The second kappa shape index (κ2) is 3.52. The SMILES string of the molecule is C=C(C)C(=O)CN1CCCC1=O. The van der Waals surface area contributed by atoms with Gasteiger partial charge in [0.1, 0.15) is 0 Å². The van der Waals surface area contributed by atoms with E-state index in [1.165, 1.54) is 0 Å². The lowest BCUT2D eigenvalue weighted by molar-refractivity contribution is -0.131. The van der Waals surface area contributed by atoms with E-state index in [1.54, 1.807) is 11.8 Å². The molecule has 1 heterocycles. The molecule has 1 rings (SSSR count). The van der Waals surface area contributed by atoms with Crippen LogP contribution in [0.4, 0.5) is 0 Å². The second-order valence-electron chi connectivity index (χ2n) is 3.12. The number of carbonyl (C=O) groups is 2. The van der Waals surface area contributed by atoms with E-state index in [0.717, 1.165) is 13.0 Å². The molecule has 0 aromatic heterocycles. The monoisotopic (exact) mass is 167 g/mol. The number of amides is 1. The van der Waals surface area contributed by atoms with Crippen molar-refractivity contribution in [1.29, 1.82) is 0 Å². The van der Waals surface area contributed by atoms with E-state index < -0.39 is 0 Å². The van der Waals surface area contributed by atoms with Gasteiger partial charge in [0, 0.05) is 13.0 Å². The average Bonchev–Trinajstić information content (AvgIpc) is 2.36. The molecule has 0 radical (unpaired) electrons. The fourth-order valence-corrected chi connectivity index (χ4v) is 1.18. The maximum absolute atomic E-state index is 11.2. The molecule has 0 bridgehead atoms. The molecule has 12 heavy (non-hydrogen) atoms. The van der Waals surface area contributed by atoms with Gasteiger partial charge < -0.3 is 4.90 Å². The van der Waals surface area contributed by atoms with Crippen molar-refractivity contribution in [2.45, 2.75) is 19.8 Å². The van der Waals surface area contributed by atoms with Crippen LogP contribution in [0.5, 0.6) is 0 Å². The normalized spacial score (nSPS) is 16.8. The summed E-state index contributed by atoms with van der Waals surface area (Å²) in [6.07, 6.45) is 1.46. The van der Waals surface area contributed by atoms with Gasteiger partial charge in [-0.2, -0.15) is 0 Å². The van der Waals surface area contributed by atoms with E-state index in [4.69, 9.17) is 0 Å². The standard InChI is InChI=1S/C9H13NO2/c1-7(2)8(11)6-10-5-3-4-9(10)12/h1,3-6H2,2H3. The summed E-state index contributed by atoms with van der Waals surface area (Å²) >= 11 is 0. The van der Waals surface area contributed by atoms with Gasteiger partial charge in [0.25, 0.3) is 0 Å². The Kier molecular flexibility index (Phi) is 2.63. The minimum atomic E-state index is -0.0368.